The Kier molecular flexibility index (Phi) is 7.19. The van der Waals surface area contributed by atoms with Gasteiger partial charge >= 0.3 is 17.3 Å². The fourth-order valence-corrected chi connectivity index (χ4v) is 3.56. The van der Waals surface area contributed by atoms with Crippen molar-refractivity contribution in [3.63, 3.8) is 0 Å². The highest BCUT2D eigenvalue weighted by Crippen LogP contribution is 2.21. The van der Waals surface area contributed by atoms with Crippen molar-refractivity contribution in [1.29, 1.82) is 0 Å². The van der Waals surface area contributed by atoms with E-state index in [0.29, 0.717) is 17.2 Å². The monoisotopic (exact) mass is 488 g/mol. The topological polar surface area (TPSA) is 140 Å². The van der Waals surface area contributed by atoms with Gasteiger partial charge in [0, 0.05) is 17.9 Å². The van der Waals surface area contributed by atoms with Gasteiger partial charge in [-0.1, -0.05) is 29.8 Å². The van der Waals surface area contributed by atoms with Gasteiger partial charge in [-0.05, 0) is 55.8 Å². The second kappa shape index (κ2) is 10.6. The third kappa shape index (κ3) is 5.46. The minimum atomic E-state index is -0.886. The zero-order valence-electron chi connectivity index (χ0n) is 19.7. The van der Waals surface area contributed by atoms with Crippen LogP contribution in [0.5, 0.6) is 5.75 Å². The summed E-state index contributed by atoms with van der Waals surface area (Å²) >= 11 is 0. The van der Waals surface area contributed by atoms with Gasteiger partial charge in [0.2, 0.25) is 5.62 Å². The number of H-pyrrole nitrogens is 1. The molecule has 0 fully saturated rings. The molecule has 1 amide bonds. The van der Waals surface area contributed by atoms with Crippen LogP contribution in [-0.4, -0.2) is 26.1 Å². The van der Waals surface area contributed by atoms with Gasteiger partial charge in [0.15, 0.2) is 0 Å². The number of allylic oxidation sites excluding steroid dienone is 1. The van der Waals surface area contributed by atoms with Crippen LogP contribution in [0.3, 0.4) is 0 Å². The van der Waals surface area contributed by atoms with Crippen molar-refractivity contribution in [3.8, 4) is 5.75 Å². The van der Waals surface area contributed by atoms with Gasteiger partial charge in [0.25, 0.3) is 0 Å². The maximum absolute atomic E-state index is 13.0. The number of aromatic amines is 1. The molecule has 184 valence electrons. The lowest BCUT2D eigenvalue weighted by atomic mass is 10.1. The van der Waals surface area contributed by atoms with E-state index < -0.39 is 23.3 Å². The molecule has 0 saturated carbocycles. The Hall–Kier alpha value is -4.80. The summed E-state index contributed by atoms with van der Waals surface area (Å²) in [4.78, 5) is 54.7. The molecule has 11 nitrogen and oxygen atoms in total. The van der Waals surface area contributed by atoms with Gasteiger partial charge in [-0.2, -0.15) is 0 Å². The zero-order chi connectivity index (χ0) is 25.7. The highest BCUT2D eigenvalue weighted by molar-refractivity contribution is 5.84. The molecule has 36 heavy (non-hydrogen) atoms. The number of nitrogens with zero attached hydrogens (tertiary/aromatic N) is 4. The lowest BCUT2D eigenvalue weighted by Crippen LogP contribution is -2.49. The van der Waals surface area contributed by atoms with E-state index in [1.807, 2.05) is 31.2 Å². The predicted molar refractivity (Wildman–Crippen MR) is 133 cm³/mol. The van der Waals surface area contributed by atoms with Crippen LogP contribution in [0.25, 0.3) is 0 Å². The predicted octanol–water partition coefficient (Wildman–Crippen LogP) is 1.99. The van der Waals surface area contributed by atoms with E-state index in [-0.39, 0.29) is 18.7 Å². The summed E-state index contributed by atoms with van der Waals surface area (Å²) in [5, 5.41) is 5.13. The first kappa shape index (κ1) is 24.3. The lowest BCUT2D eigenvalue weighted by molar-refractivity contribution is -0.118. The number of rotatable bonds is 7. The van der Waals surface area contributed by atoms with Crippen LogP contribution in [0, 0.1) is 11.8 Å². The fourth-order valence-electron chi connectivity index (χ4n) is 3.56. The van der Waals surface area contributed by atoms with Gasteiger partial charge in [-0.15, -0.1) is 4.91 Å². The summed E-state index contributed by atoms with van der Waals surface area (Å²) < 4.78 is 8.28. The van der Waals surface area contributed by atoms with E-state index in [1.165, 1.54) is 16.8 Å². The Balaban J connectivity index is 1.65. The fraction of sp³-hybridized carbons (Fsp3) is 0.200. The van der Waals surface area contributed by atoms with Gasteiger partial charge < -0.3 is 10.1 Å². The number of hydrogen-bond acceptors (Lipinski definition) is 7. The summed E-state index contributed by atoms with van der Waals surface area (Å²) in [6.45, 7) is 4.17. The average molecular weight is 489 g/mol. The van der Waals surface area contributed by atoms with E-state index in [0.717, 1.165) is 15.7 Å². The zero-order valence-corrected chi connectivity index (χ0v) is 19.7. The summed E-state index contributed by atoms with van der Waals surface area (Å²) in [6, 6.07) is 13.5. The number of amides is 1. The summed E-state index contributed by atoms with van der Waals surface area (Å²) in [7, 11) is 0. The van der Waals surface area contributed by atoms with Crippen LogP contribution in [0.15, 0.2) is 92.4 Å². The molecule has 4 rings (SSSR count). The third-order valence-corrected chi connectivity index (χ3v) is 5.48. The quantitative estimate of drug-likeness (QED) is 0.488. The van der Waals surface area contributed by atoms with Crippen LogP contribution < -0.4 is 27.1 Å². The van der Waals surface area contributed by atoms with E-state index in [2.05, 4.69) is 20.5 Å². The van der Waals surface area contributed by atoms with E-state index in [9.17, 15) is 19.3 Å². The molecule has 0 radical (unpaired) electrons. The van der Waals surface area contributed by atoms with Crippen molar-refractivity contribution in [2.75, 3.05) is 0 Å². The Morgan fingerprint density at radius 3 is 2.44 bits per heavy atom. The van der Waals surface area contributed by atoms with Crippen molar-refractivity contribution >= 4 is 11.6 Å². The maximum atomic E-state index is 13.0. The first-order valence-corrected chi connectivity index (χ1v) is 11.2. The molecular formula is C25H24N6O5. The number of aryl methyl sites for hydroxylation is 1. The van der Waals surface area contributed by atoms with Crippen molar-refractivity contribution in [2.45, 2.75) is 33.0 Å². The number of nitrogens with one attached hydrogen (secondary N) is 2. The van der Waals surface area contributed by atoms with Crippen LogP contribution >= 0.6 is 0 Å². The Labute approximate surface area is 205 Å². The third-order valence-electron chi connectivity index (χ3n) is 5.48. The van der Waals surface area contributed by atoms with Crippen LogP contribution in [0.1, 0.15) is 18.1 Å². The number of carbonyl (C=O) groups is 1. The molecule has 2 heterocycles. The van der Waals surface area contributed by atoms with Crippen LogP contribution in [0.2, 0.25) is 0 Å². The molecule has 1 unspecified atom stereocenters. The molecule has 0 spiro atoms. The Bertz CT molecular complexity index is 1530. The summed E-state index contributed by atoms with van der Waals surface area (Å²) in [5.74, 6) is -0.0316. The van der Waals surface area contributed by atoms with Crippen molar-refractivity contribution < 1.29 is 9.53 Å². The normalized spacial score (nSPS) is 15.2. The smallest absolute Gasteiger partial charge is 0.335 e. The highest BCUT2D eigenvalue weighted by Gasteiger charge is 2.19. The van der Waals surface area contributed by atoms with E-state index >= 15 is 0 Å². The molecular weight excluding hydrogens is 464 g/mol. The molecule has 1 atom stereocenters. The minimum absolute atomic E-state index is 0.121. The summed E-state index contributed by atoms with van der Waals surface area (Å²) in [5.41, 5.74) is 1.59. The summed E-state index contributed by atoms with van der Waals surface area (Å²) in [6.07, 6.45) is 4.55. The second-order valence-corrected chi connectivity index (χ2v) is 8.04. The number of hydrogen-bond donors (Lipinski definition) is 2. The van der Waals surface area contributed by atoms with Crippen molar-refractivity contribution in [2.24, 2.45) is 10.2 Å². The van der Waals surface area contributed by atoms with Gasteiger partial charge in [0.1, 0.15) is 17.6 Å². The standard InChI is InChI=1S/C25H24N6O5/c1-3-30-24(33)28-23(31(25(30)34)15-17-6-4-16(2)5-7-17)27-18-8-10-19(11-9-18)36-20-12-13-26-21(14-20)22(32)29-35/h4-14,21,26H,3,15H2,1-2H3,(H,27,28,33). The number of ether oxygens (including phenoxy) is 1. The number of nitroso groups, excluding NO2 is 1. The molecule has 1 aliphatic heterocycles. The van der Waals surface area contributed by atoms with Crippen molar-refractivity contribution in [1.82, 2.24) is 19.4 Å². The molecule has 0 saturated heterocycles. The van der Waals surface area contributed by atoms with Gasteiger partial charge in [-0.25, -0.2) is 19.1 Å². The maximum Gasteiger partial charge on any atom is 0.335 e. The molecule has 2 N–H and O–H groups in total. The molecule has 1 aromatic heterocycles. The Morgan fingerprint density at radius 2 is 1.78 bits per heavy atom. The highest BCUT2D eigenvalue weighted by atomic mass is 16.5. The van der Waals surface area contributed by atoms with Crippen LogP contribution in [0.4, 0.5) is 5.69 Å². The SMILES string of the molecule is CCn1c(=O)[nH]/c(=N\c2ccc(OC3=CC(C(=O)N=O)NC=C3)cc2)n(Cc2ccc(C)cc2)c1=O. The number of aromatic nitrogens is 3. The van der Waals surface area contributed by atoms with Crippen LogP contribution in [-0.2, 0) is 17.9 Å². The minimum Gasteiger partial charge on any atom is -0.458 e. The molecule has 0 bridgehead atoms. The number of carbonyl (C=O) groups excluding carboxylic acids is 1. The number of benzene rings is 2. The molecule has 2 aromatic carbocycles. The first-order chi connectivity index (χ1) is 17.4. The lowest BCUT2D eigenvalue weighted by Gasteiger charge is -2.15. The van der Waals surface area contributed by atoms with Gasteiger partial charge in [-0.3, -0.25) is 14.3 Å². The molecule has 0 aliphatic carbocycles. The van der Waals surface area contributed by atoms with Gasteiger partial charge in [0.05, 0.1) is 12.2 Å². The van der Waals surface area contributed by atoms with Crippen molar-refractivity contribution in [3.05, 3.63) is 115 Å². The molecule has 11 heteroatoms. The van der Waals surface area contributed by atoms with E-state index in [4.69, 9.17) is 4.74 Å². The average Bonchev–Trinajstić information content (AvgIpc) is 2.88. The van der Waals surface area contributed by atoms with E-state index in [1.54, 1.807) is 37.3 Å². The largest absolute Gasteiger partial charge is 0.458 e. The Morgan fingerprint density at radius 1 is 1.06 bits per heavy atom. The second-order valence-electron chi connectivity index (χ2n) is 8.04. The number of dihydropyridines is 1. The first-order valence-electron chi connectivity index (χ1n) is 11.2. The molecule has 3 aromatic rings. The molecule has 1 aliphatic rings.